The fourth-order valence-corrected chi connectivity index (χ4v) is 3.02. The Labute approximate surface area is 124 Å². The van der Waals surface area contributed by atoms with E-state index in [0.29, 0.717) is 17.6 Å². The number of benzene rings is 2. The summed E-state index contributed by atoms with van der Waals surface area (Å²) in [4.78, 5) is 0.0287. The normalized spacial score (nSPS) is 21.0. The standard InChI is InChI=1S/C15H17N3O2S/c16-13-8-11(21(17,19)20)6-7-14(13)18-15-9-12(15)10-4-2-1-3-5-10/h1-8,12,15,18H,9,16H2,(H2,17,19,20). The Balaban J connectivity index is 1.73. The van der Waals surface area contributed by atoms with Gasteiger partial charge < -0.3 is 11.1 Å². The predicted octanol–water partition coefficient (Wildman–Crippen LogP) is 1.88. The van der Waals surface area contributed by atoms with Gasteiger partial charge in [0.25, 0.3) is 0 Å². The molecular formula is C15H17N3O2S. The molecule has 2 atom stereocenters. The van der Waals surface area contributed by atoms with Crippen LogP contribution in [0.2, 0.25) is 0 Å². The lowest BCUT2D eigenvalue weighted by molar-refractivity contribution is 0.598. The molecule has 2 unspecified atom stereocenters. The highest BCUT2D eigenvalue weighted by molar-refractivity contribution is 7.89. The first-order valence-electron chi connectivity index (χ1n) is 6.69. The fourth-order valence-electron chi connectivity index (χ4n) is 2.47. The third-order valence-electron chi connectivity index (χ3n) is 3.71. The number of primary sulfonamides is 1. The largest absolute Gasteiger partial charge is 0.397 e. The Kier molecular flexibility index (Phi) is 3.35. The zero-order valence-electron chi connectivity index (χ0n) is 11.4. The summed E-state index contributed by atoms with van der Waals surface area (Å²) in [6.07, 6.45) is 1.04. The van der Waals surface area contributed by atoms with Crippen LogP contribution in [-0.4, -0.2) is 14.5 Å². The molecule has 1 aliphatic carbocycles. The van der Waals surface area contributed by atoms with E-state index < -0.39 is 10.0 Å². The molecule has 0 radical (unpaired) electrons. The minimum atomic E-state index is -3.72. The summed E-state index contributed by atoms with van der Waals surface area (Å²) in [6.45, 7) is 0. The van der Waals surface area contributed by atoms with Gasteiger partial charge in [-0.05, 0) is 30.2 Å². The van der Waals surface area contributed by atoms with Gasteiger partial charge in [-0.25, -0.2) is 13.6 Å². The number of nitrogen functional groups attached to an aromatic ring is 1. The van der Waals surface area contributed by atoms with Crippen LogP contribution in [0.1, 0.15) is 17.9 Å². The van der Waals surface area contributed by atoms with E-state index in [1.165, 1.54) is 17.7 Å². The van der Waals surface area contributed by atoms with Crippen LogP contribution >= 0.6 is 0 Å². The molecule has 0 heterocycles. The quantitative estimate of drug-likeness (QED) is 0.751. The number of anilines is 2. The molecule has 1 aliphatic rings. The summed E-state index contributed by atoms with van der Waals surface area (Å²) in [5, 5.41) is 8.43. The smallest absolute Gasteiger partial charge is 0.238 e. The van der Waals surface area contributed by atoms with E-state index in [4.69, 9.17) is 10.9 Å². The zero-order chi connectivity index (χ0) is 15.0. The van der Waals surface area contributed by atoms with Crippen LogP contribution in [0.3, 0.4) is 0 Å². The average Bonchev–Trinajstić information content (AvgIpc) is 3.20. The molecule has 2 aromatic rings. The summed E-state index contributed by atoms with van der Waals surface area (Å²) in [6, 6.07) is 15.1. The molecular weight excluding hydrogens is 286 g/mol. The fraction of sp³-hybridized carbons (Fsp3) is 0.200. The second-order valence-corrected chi connectivity index (χ2v) is 6.86. The van der Waals surface area contributed by atoms with Crippen molar-refractivity contribution in [2.24, 2.45) is 5.14 Å². The molecule has 0 saturated heterocycles. The maximum absolute atomic E-state index is 11.3. The van der Waals surface area contributed by atoms with Gasteiger partial charge in [0.2, 0.25) is 10.0 Å². The topological polar surface area (TPSA) is 98.2 Å². The molecule has 5 N–H and O–H groups in total. The first-order valence-corrected chi connectivity index (χ1v) is 8.23. The van der Waals surface area contributed by atoms with Crippen LogP contribution in [0.4, 0.5) is 11.4 Å². The Morgan fingerprint density at radius 3 is 2.43 bits per heavy atom. The van der Waals surface area contributed by atoms with Crippen molar-refractivity contribution in [3.8, 4) is 0 Å². The van der Waals surface area contributed by atoms with Gasteiger partial charge in [-0.15, -0.1) is 0 Å². The van der Waals surface area contributed by atoms with Crippen molar-refractivity contribution in [3.05, 3.63) is 54.1 Å². The van der Waals surface area contributed by atoms with Gasteiger partial charge in [0.1, 0.15) is 0 Å². The lowest BCUT2D eigenvalue weighted by Crippen LogP contribution is -2.13. The maximum Gasteiger partial charge on any atom is 0.238 e. The summed E-state index contributed by atoms with van der Waals surface area (Å²) in [5.74, 6) is 0.475. The van der Waals surface area contributed by atoms with Crippen molar-refractivity contribution in [2.45, 2.75) is 23.3 Å². The Hall–Kier alpha value is -2.05. The average molecular weight is 303 g/mol. The van der Waals surface area contributed by atoms with Gasteiger partial charge in [0.15, 0.2) is 0 Å². The predicted molar refractivity (Wildman–Crippen MR) is 83.4 cm³/mol. The van der Waals surface area contributed by atoms with Crippen LogP contribution < -0.4 is 16.2 Å². The highest BCUT2D eigenvalue weighted by atomic mass is 32.2. The van der Waals surface area contributed by atoms with Crippen molar-refractivity contribution in [1.82, 2.24) is 0 Å². The Morgan fingerprint density at radius 1 is 1.10 bits per heavy atom. The summed E-state index contributed by atoms with van der Waals surface area (Å²) in [5.41, 5.74) is 8.33. The monoisotopic (exact) mass is 303 g/mol. The molecule has 0 aromatic heterocycles. The van der Waals surface area contributed by atoms with Crippen LogP contribution in [0, 0.1) is 0 Å². The van der Waals surface area contributed by atoms with E-state index in [2.05, 4.69) is 17.4 Å². The number of hydrogen-bond donors (Lipinski definition) is 3. The second-order valence-electron chi connectivity index (χ2n) is 5.30. The number of hydrogen-bond acceptors (Lipinski definition) is 4. The third kappa shape index (κ3) is 3.01. The van der Waals surface area contributed by atoms with E-state index in [0.717, 1.165) is 12.1 Å². The van der Waals surface area contributed by atoms with Crippen LogP contribution in [0.5, 0.6) is 0 Å². The SMILES string of the molecule is Nc1cc(S(N)(=O)=O)ccc1NC1CC1c1ccccc1. The molecule has 0 bridgehead atoms. The molecule has 6 heteroatoms. The van der Waals surface area contributed by atoms with Gasteiger partial charge in [-0.1, -0.05) is 30.3 Å². The van der Waals surface area contributed by atoms with E-state index in [9.17, 15) is 8.42 Å². The van der Waals surface area contributed by atoms with Crippen molar-refractivity contribution >= 4 is 21.4 Å². The van der Waals surface area contributed by atoms with Crippen LogP contribution in [0.15, 0.2) is 53.4 Å². The molecule has 110 valence electrons. The summed E-state index contributed by atoms with van der Waals surface area (Å²) >= 11 is 0. The van der Waals surface area contributed by atoms with Crippen molar-refractivity contribution in [1.29, 1.82) is 0 Å². The second kappa shape index (κ2) is 5.05. The van der Waals surface area contributed by atoms with Gasteiger partial charge >= 0.3 is 0 Å². The van der Waals surface area contributed by atoms with Gasteiger partial charge in [-0.2, -0.15) is 0 Å². The highest BCUT2D eigenvalue weighted by Crippen LogP contribution is 2.43. The molecule has 1 fully saturated rings. The lowest BCUT2D eigenvalue weighted by Gasteiger charge is -2.10. The number of sulfonamides is 1. The first-order chi connectivity index (χ1) is 9.95. The Morgan fingerprint density at radius 2 is 1.81 bits per heavy atom. The summed E-state index contributed by atoms with van der Waals surface area (Å²) < 4.78 is 22.5. The molecule has 0 spiro atoms. The van der Waals surface area contributed by atoms with E-state index >= 15 is 0 Å². The van der Waals surface area contributed by atoms with Gasteiger partial charge in [0, 0.05) is 12.0 Å². The first kappa shape index (κ1) is 13.9. The highest BCUT2D eigenvalue weighted by Gasteiger charge is 2.38. The zero-order valence-corrected chi connectivity index (χ0v) is 12.2. The van der Waals surface area contributed by atoms with Crippen molar-refractivity contribution < 1.29 is 8.42 Å². The molecule has 5 nitrogen and oxygen atoms in total. The molecule has 0 amide bonds. The number of nitrogens with one attached hydrogen (secondary N) is 1. The number of nitrogens with two attached hydrogens (primary N) is 2. The van der Waals surface area contributed by atoms with Crippen LogP contribution in [0.25, 0.3) is 0 Å². The van der Waals surface area contributed by atoms with E-state index in [1.54, 1.807) is 6.07 Å². The lowest BCUT2D eigenvalue weighted by atomic mass is 10.1. The molecule has 21 heavy (non-hydrogen) atoms. The third-order valence-corrected chi connectivity index (χ3v) is 4.62. The molecule has 2 aromatic carbocycles. The van der Waals surface area contributed by atoms with E-state index in [1.807, 2.05) is 18.2 Å². The maximum atomic E-state index is 11.3. The Bertz CT molecular complexity index is 760. The minimum Gasteiger partial charge on any atom is -0.397 e. The van der Waals surface area contributed by atoms with Crippen molar-refractivity contribution in [2.75, 3.05) is 11.1 Å². The van der Waals surface area contributed by atoms with Gasteiger partial charge in [-0.3, -0.25) is 0 Å². The van der Waals surface area contributed by atoms with Crippen LogP contribution in [-0.2, 0) is 10.0 Å². The molecule has 0 aliphatic heterocycles. The number of rotatable bonds is 4. The molecule has 3 rings (SSSR count). The molecule has 1 saturated carbocycles. The van der Waals surface area contributed by atoms with E-state index in [-0.39, 0.29) is 4.90 Å². The minimum absolute atomic E-state index is 0.0287. The summed E-state index contributed by atoms with van der Waals surface area (Å²) in [7, 11) is -3.72. The van der Waals surface area contributed by atoms with Gasteiger partial charge in [0.05, 0.1) is 16.3 Å². The van der Waals surface area contributed by atoms with Crippen molar-refractivity contribution in [3.63, 3.8) is 0 Å².